The average Bonchev–Trinajstić information content (AvgIpc) is 2.58. The number of amides is 1. The number of halogens is 2. The quantitative estimate of drug-likeness (QED) is 0.768. The van der Waals surface area contributed by atoms with Gasteiger partial charge in [0.2, 0.25) is 0 Å². The topological polar surface area (TPSA) is 64.6 Å². The van der Waals surface area contributed by atoms with E-state index in [2.05, 4.69) is 10.1 Å². The molecule has 4 aliphatic carbocycles. The van der Waals surface area contributed by atoms with Gasteiger partial charge in [-0.25, -0.2) is 4.79 Å². The molecule has 0 heterocycles. The molecule has 4 saturated carbocycles. The lowest BCUT2D eigenvalue weighted by atomic mass is 9.53. The van der Waals surface area contributed by atoms with E-state index in [9.17, 15) is 18.4 Å². The summed E-state index contributed by atoms with van der Waals surface area (Å²) in [7, 11) is 0. The Kier molecular flexibility index (Phi) is 4.78. The number of carbonyl (C=O) groups excluding carboxylic acids is 2. The summed E-state index contributed by atoms with van der Waals surface area (Å²) in [4.78, 5) is 24.4. The second-order valence-electron chi connectivity index (χ2n) is 8.23. The second-order valence-corrected chi connectivity index (χ2v) is 8.23. The highest BCUT2D eigenvalue weighted by molar-refractivity contribution is 5.91. The fraction of sp³-hybridized carbons (Fsp3) is 0.600. The number of hydrogen-bond acceptors (Lipinski definition) is 4. The maximum Gasteiger partial charge on any atom is 0.387 e. The van der Waals surface area contributed by atoms with E-state index in [1.54, 1.807) is 0 Å². The Morgan fingerprint density at radius 3 is 2.11 bits per heavy atom. The lowest BCUT2D eigenvalue weighted by molar-refractivity contribution is -0.130. The predicted molar refractivity (Wildman–Crippen MR) is 92.4 cm³/mol. The van der Waals surface area contributed by atoms with E-state index >= 15 is 0 Å². The van der Waals surface area contributed by atoms with E-state index in [1.807, 2.05) is 0 Å². The van der Waals surface area contributed by atoms with Crippen LogP contribution in [0, 0.1) is 17.8 Å². The lowest BCUT2D eigenvalue weighted by Crippen LogP contribution is -2.60. The molecule has 0 aromatic heterocycles. The minimum absolute atomic E-state index is 0.0406. The Hall–Kier alpha value is -2.18. The number of carbonyl (C=O) groups is 2. The molecule has 5 rings (SSSR count). The molecule has 4 aliphatic rings. The van der Waals surface area contributed by atoms with Crippen LogP contribution in [0.1, 0.15) is 48.9 Å². The Balaban J connectivity index is 1.28. The summed E-state index contributed by atoms with van der Waals surface area (Å²) in [6, 6.07) is 5.19. The normalized spacial score (nSPS) is 31.0. The molecular weight excluding hydrogens is 356 g/mol. The Morgan fingerprint density at radius 2 is 1.59 bits per heavy atom. The van der Waals surface area contributed by atoms with Crippen LogP contribution in [0.25, 0.3) is 0 Å². The largest absolute Gasteiger partial charge is 0.452 e. The van der Waals surface area contributed by atoms with Crippen molar-refractivity contribution in [3.63, 3.8) is 0 Å². The van der Waals surface area contributed by atoms with Crippen molar-refractivity contribution in [2.75, 3.05) is 6.61 Å². The van der Waals surface area contributed by atoms with Crippen molar-refractivity contribution in [1.29, 1.82) is 0 Å². The van der Waals surface area contributed by atoms with Gasteiger partial charge in [0.25, 0.3) is 5.91 Å². The first kappa shape index (κ1) is 18.2. The van der Waals surface area contributed by atoms with Crippen LogP contribution in [0.15, 0.2) is 24.3 Å². The highest BCUT2D eigenvalue weighted by atomic mass is 19.3. The molecule has 1 amide bonds. The van der Waals surface area contributed by atoms with Crippen LogP contribution in [0.5, 0.6) is 5.75 Å². The number of rotatable bonds is 6. The molecule has 7 heteroatoms. The van der Waals surface area contributed by atoms with E-state index in [1.165, 1.54) is 43.5 Å². The van der Waals surface area contributed by atoms with Gasteiger partial charge in [-0.05, 0) is 80.5 Å². The molecule has 1 aromatic carbocycles. The molecule has 0 radical (unpaired) electrons. The zero-order chi connectivity index (χ0) is 19.0. The average molecular weight is 379 g/mol. The van der Waals surface area contributed by atoms with Crippen molar-refractivity contribution in [1.82, 2.24) is 5.32 Å². The number of hydrogen-bond donors (Lipinski definition) is 1. The van der Waals surface area contributed by atoms with Gasteiger partial charge < -0.3 is 14.8 Å². The fourth-order valence-corrected chi connectivity index (χ4v) is 5.58. The maximum absolute atomic E-state index is 12.3. The Bertz CT molecular complexity index is 684. The third kappa shape index (κ3) is 4.06. The van der Waals surface area contributed by atoms with Gasteiger partial charge in [0.15, 0.2) is 6.61 Å². The smallest absolute Gasteiger partial charge is 0.387 e. The van der Waals surface area contributed by atoms with Gasteiger partial charge in [0, 0.05) is 5.54 Å². The molecule has 4 fully saturated rings. The third-order valence-corrected chi connectivity index (χ3v) is 6.09. The summed E-state index contributed by atoms with van der Waals surface area (Å²) in [5, 5.41) is 3.14. The van der Waals surface area contributed by atoms with Crippen LogP contribution in [0.3, 0.4) is 0 Å². The number of benzene rings is 1. The third-order valence-electron chi connectivity index (χ3n) is 6.09. The van der Waals surface area contributed by atoms with E-state index in [0.717, 1.165) is 19.3 Å². The SMILES string of the molecule is O=C(COC(=O)c1ccc(OC(F)F)cc1)NC12CC3CC(CC(C3)C1)C2. The summed E-state index contributed by atoms with van der Waals surface area (Å²) < 4.78 is 33.6. The van der Waals surface area contributed by atoms with Gasteiger partial charge >= 0.3 is 12.6 Å². The number of nitrogens with one attached hydrogen (secondary N) is 1. The fourth-order valence-electron chi connectivity index (χ4n) is 5.58. The van der Waals surface area contributed by atoms with Crippen LogP contribution in [0.2, 0.25) is 0 Å². The highest BCUT2D eigenvalue weighted by Crippen LogP contribution is 2.55. The summed E-state index contributed by atoms with van der Waals surface area (Å²) in [5.74, 6) is 1.16. The van der Waals surface area contributed by atoms with Gasteiger partial charge in [0.1, 0.15) is 5.75 Å². The van der Waals surface area contributed by atoms with Crippen molar-refractivity contribution >= 4 is 11.9 Å². The van der Waals surface area contributed by atoms with Crippen molar-refractivity contribution in [2.24, 2.45) is 17.8 Å². The van der Waals surface area contributed by atoms with E-state index in [4.69, 9.17) is 4.74 Å². The van der Waals surface area contributed by atoms with E-state index in [-0.39, 0.29) is 29.4 Å². The number of ether oxygens (including phenoxy) is 2. The molecule has 146 valence electrons. The molecule has 1 N–H and O–H groups in total. The molecule has 0 saturated heterocycles. The molecule has 5 nitrogen and oxygen atoms in total. The predicted octanol–water partition coefficient (Wildman–Crippen LogP) is 3.53. The molecule has 0 aliphatic heterocycles. The zero-order valence-corrected chi connectivity index (χ0v) is 15.0. The molecule has 27 heavy (non-hydrogen) atoms. The first-order valence-corrected chi connectivity index (χ1v) is 9.44. The zero-order valence-electron chi connectivity index (χ0n) is 15.0. The molecule has 0 unspecified atom stereocenters. The molecule has 0 atom stereocenters. The summed E-state index contributed by atoms with van der Waals surface area (Å²) >= 11 is 0. The van der Waals surface area contributed by atoms with Gasteiger partial charge in [-0.3, -0.25) is 4.79 Å². The summed E-state index contributed by atoms with van der Waals surface area (Å²) in [6.45, 7) is -3.26. The van der Waals surface area contributed by atoms with Crippen LogP contribution in [-0.4, -0.2) is 30.6 Å². The number of alkyl halides is 2. The maximum atomic E-state index is 12.3. The second kappa shape index (κ2) is 7.09. The summed E-state index contributed by atoms with van der Waals surface area (Å²) in [6.07, 6.45) is 6.96. The molecular formula is C20H23F2NO4. The standard InChI is InChI=1S/C20H23F2NO4/c21-19(22)27-16-3-1-15(2-4-16)18(25)26-11-17(24)23-20-8-12-5-13(9-20)7-14(6-12)10-20/h1-4,12-14,19H,5-11H2,(H,23,24). The number of esters is 1. The van der Waals surface area contributed by atoms with Crippen LogP contribution in [0.4, 0.5) is 8.78 Å². The minimum Gasteiger partial charge on any atom is -0.452 e. The van der Waals surface area contributed by atoms with Crippen LogP contribution >= 0.6 is 0 Å². The first-order valence-electron chi connectivity index (χ1n) is 9.44. The molecule has 4 bridgehead atoms. The van der Waals surface area contributed by atoms with Gasteiger partial charge in [-0.15, -0.1) is 0 Å². The summed E-state index contributed by atoms with van der Waals surface area (Å²) in [5.41, 5.74) is 0.0613. The van der Waals surface area contributed by atoms with Crippen molar-refractivity contribution in [2.45, 2.75) is 50.7 Å². The lowest BCUT2D eigenvalue weighted by Gasteiger charge is -2.56. The van der Waals surface area contributed by atoms with E-state index < -0.39 is 12.6 Å². The van der Waals surface area contributed by atoms with Crippen molar-refractivity contribution in [3.8, 4) is 5.75 Å². The Morgan fingerprint density at radius 1 is 1.04 bits per heavy atom. The van der Waals surface area contributed by atoms with Crippen LogP contribution in [-0.2, 0) is 9.53 Å². The molecule has 0 spiro atoms. The first-order chi connectivity index (χ1) is 12.9. The van der Waals surface area contributed by atoms with Crippen molar-refractivity contribution in [3.05, 3.63) is 29.8 Å². The van der Waals surface area contributed by atoms with Gasteiger partial charge in [-0.1, -0.05) is 0 Å². The molecule has 1 aromatic rings. The van der Waals surface area contributed by atoms with Gasteiger partial charge in [-0.2, -0.15) is 8.78 Å². The van der Waals surface area contributed by atoms with Crippen LogP contribution < -0.4 is 10.1 Å². The highest BCUT2D eigenvalue weighted by Gasteiger charge is 2.51. The van der Waals surface area contributed by atoms with E-state index in [0.29, 0.717) is 17.8 Å². The van der Waals surface area contributed by atoms with Crippen molar-refractivity contribution < 1.29 is 27.8 Å². The minimum atomic E-state index is -2.92. The van der Waals surface area contributed by atoms with Gasteiger partial charge in [0.05, 0.1) is 5.56 Å². The monoisotopic (exact) mass is 379 g/mol. The Labute approximate surface area is 156 Å².